The van der Waals surface area contributed by atoms with Gasteiger partial charge in [0.25, 0.3) is 5.69 Å². The van der Waals surface area contributed by atoms with Crippen molar-refractivity contribution in [3.05, 3.63) is 39.4 Å². The third-order valence-electron chi connectivity index (χ3n) is 2.64. The fourth-order valence-corrected chi connectivity index (χ4v) is 1.91. The first-order valence-electron chi connectivity index (χ1n) is 4.83. The molecule has 0 radical (unpaired) electrons. The van der Waals surface area contributed by atoms with Crippen molar-refractivity contribution in [1.29, 1.82) is 0 Å². The molecule has 0 bridgehead atoms. The summed E-state index contributed by atoms with van der Waals surface area (Å²) in [4.78, 5) is 10.8. The highest BCUT2D eigenvalue weighted by molar-refractivity contribution is 9.09. The van der Waals surface area contributed by atoms with Crippen molar-refractivity contribution in [3.8, 4) is 0 Å². The van der Waals surface area contributed by atoms with Crippen LogP contribution in [0.3, 0.4) is 0 Å². The molecule has 0 aliphatic carbocycles. The zero-order chi connectivity index (χ0) is 11.6. The van der Waals surface area contributed by atoms with E-state index >= 15 is 0 Å². The average Bonchev–Trinajstić information content (AvgIpc) is 2.16. The number of hydrogen-bond donors (Lipinski definition) is 0. The zero-order valence-corrected chi connectivity index (χ0v) is 10.6. The highest BCUT2D eigenvalue weighted by Crippen LogP contribution is 2.33. The lowest BCUT2D eigenvalue weighted by molar-refractivity contribution is -0.385. The summed E-state index contributed by atoms with van der Waals surface area (Å²) in [6.45, 7) is 5.91. The third-order valence-corrected chi connectivity index (χ3v) is 3.44. The van der Waals surface area contributed by atoms with Crippen LogP contribution < -0.4 is 0 Å². The number of aryl methyl sites for hydroxylation is 1. The van der Waals surface area contributed by atoms with Gasteiger partial charge in [0.05, 0.1) is 4.92 Å². The quantitative estimate of drug-likeness (QED) is 0.477. The number of nitrogens with zero attached hydrogens (tertiary/aromatic N) is 1. The minimum atomic E-state index is -0.311. The molecule has 1 aromatic carbocycles. The Kier molecular flexibility index (Phi) is 3.85. The van der Waals surface area contributed by atoms with Crippen molar-refractivity contribution >= 4 is 21.6 Å². The standard InChI is InChI=1S/C11H14BrNO2/c1-7-5-4-6-10(13(14)15)11(7)8(2)9(3)12/h4-6,8-9H,1-3H3. The average molecular weight is 272 g/mol. The van der Waals surface area contributed by atoms with Crippen LogP contribution in [0, 0.1) is 17.0 Å². The van der Waals surface area contributed by atoms with Crippen LogP contribution in [0.25, 0.3) is 0 Å². The summed E-state index contributed by atoms with van der Waals surface area (Å²) >= 11 is 3.47. The molecule has 0 aromatic heterocycles. The number of nitro groups is 1. The molecule has 0 fully saturated rings. The first-order valence-corrected chi connectivity index (χ1v) is 5.74. The third kappa shape index (κ3) is 2.56. The molecule has 0 aliphatic heterocycles. The highest BCUT2D eigenvalue weighted by Gasteiger charge is 2.23. The fraction of sp³-hybridized carbons (Fsp3) is 0.455. The lowest BCUT2D eigenvalue weighted by Gasteiger charge is -2.16. The molecule has 0 heterocycles. The van der Waals surface area contributed by atoms with Crippen LogP contribution in [0.1, 0.15) is 30.9 Å². The molecule has 0 saturated carbocycles. The van der Waals surface area contributed by atoms with Crippen molar-refractivity contribution in [2.45, 2.75) is 31.5 Å². The summed E-state index contributed by atoms with van der Waals surface area (Å²) < 4.78 is 0. The van der Waals surface area contributed by atoms with Crippen LogP contribution in [0.2, 0.25) is 0 Å². The van der Waals surface area contributed by atoms with Crippen molar-refractivity contribution in [1.82, 2.24) is 0 Å². The maximum atomic E-state index is 10.9. The van der Waals surface area contributed by atoms with Gasteiger partial charge in [-0.25, -0.2) is 0 Å². The van der Waals surface area contributed by atoms with Crippen LogP contribution in [0.5, 0.6) is 0 Å². The zero-order valence-electron chi connectivity index (χ0n) is 9.03. The first-order chi connectivity index (χ1) is 6.95. The van der Waals surface area contributed by atoms with Crippen molar-refractivity contribution < 1.29 is 4.92 Å². The largest absolute Gasteiger partial charge is 0.273 e. The second kappa shape index (κ2) is 4.75. The van der Waals surface area contributed by atoms with Gasteiger partial charge in [0, 0.05) is 22.4 Å². The Labute approximate surface area is 97.8 Å². The Morgan fingerprint density at radius 1 is 1.40 bits per heavy atom. The van der Waals surface area contributed by atoms with Crippen LogP contribution in [0.15, 0.2) is 18.2 Å². The molecule has 2 atom stereocenters. The summed E-state index contributed by atoms with van der Waals surface area (Å²) in [6, 6.07) is 5.20. The predicted molar refractivity (Wildman–Crippen MR) is 64.6 cm³/mol. The Balaban J connectivity index is 3.30. The van der Waals surface area contributed by atoms with E-state index in [1.54, 1.807) is 12.1 Å². The maximum Gasteiger partial charge on any atom is 0.273 e. The topological polar surface area (TPSA) is 43.1 Å². The van der Waals surface area contributed by atoms with Crippen molar-refractivity contribution in [2.75, 3.05) is 0 Å². The number of alkyl halides is 1. The lowest BCUT2D eigenvalue weighted by Crippen LogP contribution is -2.09. The number of hydrogen-bond acceptors (Lipinski definition) is 2. The van der Waals surface area contributed by atoms with E-state index in [1.165, 1.54) is 0 Å². The van der Waals surface area contributed by atoms with Crippen LogP contribution in [-0.2, 0) is 0 Å². The van der Waals surface area contributed by atoms with Gasteiger partial charge in [-0.2, -0.15) is 0 Å². The molecule has 0 aliphatic rings. The van der Waals surface area contributed by atoms with Crippen LogP contribution in [0.4, 0.5) is 5.69 Å². The van der Waals surface area contributed by atoms with Crippen LogP contribution >= 0.6 is 15.9 Å². The summed E-state index contributed by atoms with van der Waals surface area (Å²) in [7, 11) is 0. The summed E-state index contributed by atoms with van der Waals surface area (Å²) in [5.74, 6) is 0.131. The highest BCUT2D eigenvalue weighted by atomic mass is 79.9. The first kappa shape index (κ1) is 12.2. The second-order valence-corrected chi connectivity index (χ2v) is 5.18. The maximum absolute atomic E-state index is 10.9. The minimum Gasteiger partial charge on any atom is -0.258 e. The molecule has 0 saturated heterocycles. The van der Waals surface area contributed by atoms with E-state index in [9.17, 15) is 10.1 Å². The molecule has 1 aromatic rings. The number of rotatable bonds is 3. The van der Waals surface area contributed by atoms with Gasteiger partial charge in [0.1, 0.15) is 0 Å². The molecule has 4 heteroatoms. The lowest BCUT2D eigenvalue weighted by atomic mass is 9.93. The Hall–Kier alpha value is -0.900. The molecule has 0 amide bonds. The van der Waals surface area contributed by atoms with Crippen LogP contribution in [-0.4, -0.2) is 9.75 Å². The SMILES string of the molecule is Cc1cccc([N+](=O)[O-])c1C(C)C(C)Br. The van der Waals surface area contributed by atoms with E-state index in [0.717, 1.165) is 11.1 Å². The molecule has 1 rings (SSSR count). The van der Waals surface area contributed by atoms with Gasteiger partial charge in [-0.3, -0.25) is 10.1 Å². The van der Waals surface area contributed by atoms with E-state index < -0.39 is 0 Å². The number of halogens is 1. The van der Waals surface area contributed by atoms with Crippen molar-refractivity contribution in [2.24, 2.45) is 0 Å². The van der Waals surface area contributed by atoms with E-state index in [0.29, 0.717) is 0 Å². The molecule has 15 heavy (non-hydrogen) atoms. The normalized spacial score (nSPS) is 14.7. The number of nitro benzene ring substituents is 1. The van der Waals surface area contributed by atoms with Gasteiger partial charge in [-0.1, -0.05) is 41.9 Å². The summed E-state index contributed by atoms with van der Waals surface area (Å²) in [5, 5.41) is 10.9. The second-order valence-electron chi connectivity index (χ2n) is 3.73. The molecule has 82 valence electrons. The van der Waals surface area contributed by atoms with E-state index in [2.05, 4.69) is 15.9 Å². The van der Waals surface area contributed by atoms with E-state index in [1.807, 2.05) is 26.8 Å². The van der Waals surface area contributed by atoms with Gasteiger partial charge >= 0.3 is 0 Å². The molecular weight excluding hydrogens is 258 g/mol. The molecule has 0 spiro atoms. The minimum absolute atomic E-state index is 0.131. The van der Waals surface area contributed by atoms with Gasteiger partial charge in [0.15, 0.2) is 0 Å². The Bertz CT molecular complexity index is 377. The number of benzene rings is 1. The Morgan fingerprint density at radius 3 is 2.47 bits per heavy atom. The molecule has 3 nitrogen and oxygen atoms in total. The molecular formula is C11H14BrNO2. The fourth-order valence-electron chi connectivity index (χ4n) is 1.65. The van der Waals surface area contributed by atoms with Gasteiger partial charge in [0.2, 0.25) is 0 Å². The molecule has 0 N–H and O–H groups in total. The summed E-state index contributed by atoms with van der Waals surface area (Å²) in [5.41, 5.74) is 2.02. The van der Waals surface area contributed by atoms with E-state index in [4.69, 9.17) is 0 Å². The smallest absolute Gasteiger partial charge is 0.258 e. The van der Waals surface area contributed by atoms with Gasteiger partial charge in [-0.15, -0.1) is 0 Å². The van der Waals surface area contributed by atoms with E-state index in [-0.39, 0.29) is 21.4 Å². The summed E-state index contributed by atoms with van der Waals surface area (Å²) in [6.07, 6.45) is 0. The van der Waals surface area contributed by atoms with Crippen molar-refractivity contribution in [3.63, 3.8) is 0 Å². The monoisotopic (exact) mass is 271 g/mol. The van der Waals surface area contributed by atoms with Gasteiger partial charge < -0.3 is 0 Å². The predicted octanol–water partition coefficient (Wildman–Crippen LogP) is 3.79. The van der Waals surface area contributed by atoms with Gasteiger partial charge in [-0.05, 0) is 12.5 Å². The Morgan fingerprint density at radius 2 is 2.00 bits per heavy atom. The molecule has 2 unspecified atom stereocenters.